The lowest BCUT2D eigenvalue weighted by Crippen LogP contribution is -2.18. The van der Waals surface area contributed by atoms with Gasteiger partial charge >= 0.3 is 0 Å². The van der Waals surface area contributed by atoms with Crippen LogP contribution in [0.15, 0.2) is 58.1 Å². The first-order valence-electron chi connectivity index (χ1n) is 8.00. The van der Waals surface area contributed by atoms with E-state index in [1.807, 2.05) is 30.3 Å². The number of hydrogen-bond acceptors (Lipinski definition) is 5. The van der Waals surface area contributed by atoms with Crippen LogP contribution >= 0.6 is 15.9 Å². The number of halogens is 1. The molecule has 0 heterocycles. The van der Waals surface area contributed by atoms with Crippen molar-refractivity contribution in [2.45, 2.75) is 0 Å². The molecule has 0 spiro atoms. The summed E-state index contributed by atoms with van der Waals surface area (Å²) in [5.41, 5.74) is 3.51. The molecule has 1 amide bonds. The molecule has 3 aromatic carbocycles. The molecule has 138 valence electrons. The molecule has 27 heavy (non-hydrogen) atoms. The summed E-state index contributed by atoms with van der Waals surface area (Å²) in [4.78, 5) is 12.5. The molecule has 3 rings (SSSR count). The molecule has 0 atom stereocenters. The Bertz CT molecular complexity index is 1030. The molecule has 6 nitrogen and oxygen atoms in total. The summed E-state index contributed by atoms with van der Waals surface area (Å²) in [5, 5.41) is 15.6. The van der Waals surface area contributed by atoms with Crippen LogP contribution in [-0.2, 0) is 0 Å². The average molecular weight is 429 g/mol. The Morgan fingerprint density at radius 2 is 1.74 bits per heavy atom. The number of phenols is 1. The Hall–Kier alpha value is -3.06. The molecular formula is C20H17BrN2O4. The first-order chi connectivity index (χ1) is 13.0. The number of nitrogens with zero attached hydrogens (tertiary/aromatic N) is 1. The molecular weight excluding hydrogens is 412 g/mol. The van der Waals surface area contributed by atoms with Gasteiger partial charge in [-0.1, -0.05) is 24.3 Å². The lowest BCUT2D eigenvalue weighted by molar-refractivity contribution is 0.0952. The highest BCUT2D eigenvalue weighted by atomic mass is 79.9. The highest BCUT2D eigenvalue weighted by Gasteiger charge is 2.13. The number of fused-ring (bicyclic) bond motifs is 1. The number of carbonyl (C=O) groups excluding carboxylic acids is 1. The van der Waals surface area contributed by atoms with E-state index in [9.17, 15) is 9.90 Å². The third kappa shape index (κ3) is 4.03. The van der Waals surface area contributed by atoms with E-state index in [1.165, 1.54) is 26.5 Å². The smallest absolute Gasteiger partial charge is 0.275 e. The zero-order chi connectivity index (χ0) is 19.4. The van der Waals surface area contributed by atoms with E-state index in [2.05, 4.69) is 26.5 Å². The molecule has 0 bridgehead atoms. The maximum Gasteiger partial charge on any atom is 0.275 e. The quantitative estimate of drug-likeness (QED) is 0.473. The number of amides is 1. The van der Waals surface area contributed by atoms with Gasteiger partial charge in [0.25, 0.3) is 5.91 Å². The van der Waals surface area contributed by atoms with Gasteiger partial charge in [0.15, 0.2) is 11.5 Å². The molecule has 2 N–H and O–H groups in total. The second-order valence-electron chi connectivity index (χ2n) is 5.64. The summed E-state index contributed by atoms with van der Waals surface area (Å²) < 4.78 is 11.0. The van der Waals surface area contributed by atoms with Gasteiger partial charge in [0, 0.05) is 10.0 Å². The van der Waals surface area contributed by atoms with Crippen molar-refractivity contribution in [3.8, 4) is 17.2 Å². The summed E-state index contributed by atoms with van der Waals surface area (Å²) in [6.07, 6.45) is 1.46. The van der Waals surface area contributed by atoms with Gasteiger partial charge in [0.2, 0.25) is 0 Å². The van der Waals surface area contributed by atoms with Gasteiger partial charge in [-0.2, -0.15) is 5.10 Å². The maximum absolute atomic E-state index is 12.5. The number of hydrogen-bond donors (Lipinski definition) is 2. The predicted molar refractivity (Wildman–Crippen MR) is 108 cm³/mol. The SMILES string of the molecule is COc1cc(/C=N\NC(=O)c2cc3ccccc3cc2OC)c(Br)cc1O. The summed E-state index contributed by atoms with van der Waals surface area (Å²) in [6, 6.07) is 14.4. The van der Waals surface area contributed by atoms with Crippen LogP contribution < -0.4 is 14.9 Å². The van der Waals surface area contributed by atoms with Gasteiger partial charge in [0.05, 0.1) is 26.0 Å². The number of hydrazone groups is 1. The average Bonchev–Trinajstić information content (AvgIpc) is 2.68. The minimum Gasteiger partial charge on any atom is -0.504 e. The lowest BCUT2D eigenvalue weighted by atomic mass is 10.1. The number of aromatic hydroxyl groups is 1. The second kappa shape index (κ2) is 8.09. The Morgan fingerprint density at radius 3 is 2.41 bits per heavy atom. The van der Waals surface area contributed by atoms with Crippen LogP contribution in [-0.4, -0.2) is 31.4 Å². The fourth-order valence-electron chi connectivity index (χ4n) is 2.61. The summed E-state index contributed by atoms with van der Waals surface area (Å²) in [5.74, 6) is 0.387. The number of methoxy groups -OCH3 is 2. The van der Waals surface area contributed by atoms with Gasteiger partial charge in [-0.3, -0.25) is 4.79 Å². The number of nitrogens with one attached hydrogen (secondary N) is 1. The third-order valence-electron chi connectivity index (χ3n) is 3.98. The van der Waals surface area contributed by atoms with Crippen molar-refractivity contribution in [2.24, 2.45) is 5.10 Å². The van der Waals surface area contributed by atoms with Crippen LogP contribution in [0.3, 0.4) is 0 Å². The summed E-state index contributed by atoms with van der Waals surface area (Å²) >= 11 is 3.33. The van der Waals surface area contributed by atoms with Crippen LogP contribution in [0.4, 0.5) is 0 Å². The van der Waals surface area contributed by atoms with E-state index in [0.717, 1.165) is 10.8 Å². The maximum atomic E-state index is 12.5. The number of benzene rings is 3. The molecule has 3 aromatic rings. The van der Waals surface area contributed by atoms with Crippen molar-refractivity contribution in [3.63, 3.8) is 0 Å². The van der Waals surface area contributed by atoms with Gasteiger partial charge in [-0.05, 0) is 51.0 Å². The van der Waals surface area contributed by atoms with Gasteiger partial charge in [-0.15, -0.1) is 0 Å². The van der Waals surface area contributed by atoms with Crippen molar-refractivity contribution >= 4 is 38.8 Å². The van der Waals surface area contributed by atoms with Crippen LogP contribution in [0.5, 0.6) is 17.2 Å². The molecule has 0 aliphatic carbocycles. The van der Waals surface area contributed by atoms with Crippen LogP contribution in [0.1, 0.15) is 15.9 Å². The van der Waals surface area contributed by atoms with Crippen LogP contribution in [0.25, 0.3) is 10.8 Å². The van der Waals surface area contributed by atoms with Gasteiger partial charge < -0.3 is 14.6 Å². The molecule has 0 saturated heterocycles. The molecule has 0 saturated carbocycles. The molecule has 0 aliphatic rings. The van der Waals surface area contributed by atoms with E-state index in [-0.39, 0.29) is 5.75 Å². The molecule has 7 heteroatoms. The lowest BCUT2D eigenvalue weighted by Gasteiger charge is -2.09. The van der Waals surface area contributed by atoms with Gasteiger partial charge in [-0.25, -0.2) is 5.43 Å². The van der Waals surface area contributed by atoms with Crippen molar-refractivity contribution in [3.05, 3.63) is 64.1 Å². The van der Waals surface area contributed by atoms with Crippen molar-refractivity contribution in [1.29, 1.82) is 0 Å². The highest BCUT2D eigenvalue weighted by Crippen LogP contribution is 2.31. The number of carbonyl (C=O) groups is 1. The first kappa shape index (κ1) is 18.7. The van der Waals surface area contributed by atoms with Crippen LogP contribution in [0.2, 0.25) is 0 Å². The van der Waals surface area contributed by atoms with E-state index >= 15 is 0 Å². The van der Waals surface area contributed by atoms with Crippen molar-refractivity contribution < 1.29 is 19.4 Å². The Morgan fingerprint density at radius 1 is 1.07 bits per heavy atom. The largest absolute Gasteiger partial charge is 0.504 e. The topological polar surface area (TPSA) is 80.2 Å². The van der Waals surface area contributed by atoms with Crippen molar-refractivity contribution in [1.82, 2.24) is 5.43 Å². The first-order valence-corrected chi connectivity index (χ1v) is 8.79. The molecule has 0 radical (unpaired) electrons. The summed E-state index contributed by atoms with van der Waals surface area (Å²) in [6.45, 7) is 0. The Kier molecular flexibility index (Phi) is 5.61. The minimum atomic E-state index is -0.393. The Balaban J connectivity index is 1.84. The van der Waals surface area contributed by atoms with Crippen molar-refractivity contribution in [2.75, 3.05) is 14.2 Å². The van der Waals surface area contributed by atoms with E-state index in [4.69, 9.17) is 9.47 Å². The van der Waals surface area contributed by atoms with E-state index < -0.39 is 5.91 Å². The molecule has 0 aromatic heterocycles. The van der Waals surface area contributed by atoms with Crippen LogP contribution in [0, 0.1) is 0 Å². The fraction of sp³-hybridized carbons (Fsp3) is 0.100. The number of phenolic OH excluding ortho intramolecular Hbond substituents is 1. The minimum absolute atomic E-state index is 0.00598. The standard InChI is InChI=1S/C20H17BrN2O4/c1-26-18-8-13-6-4-3-5-12(13)7-15(18)20(25)23-22-11-14-9-19(27-2)17(24)10-16(14)21/h3-11,24H,1-2H3,(H,23,25)/b22-11-. The van der Waals surface area contributed by atoms with E-state index in [0.29, 0.717) is 27.1 Å². The fourth-order valence-corrected chi connectivity index (χ4v) is 3.04. The molecule has 0 fully saturated rings. The molecule has 0 unspecified atom stereocenters. The second-order valence-corrected chi connectivity index (χ2v) is 6.50. The zero-order valence-electron chi connectivity index (χ0n) is 14.7. The van der Waals surface area contributed by atoms with E-state index in [1.54, 1.807) is 12.1 Å². The predicted octanol–water partition coefficient (Wildman–Crippen LogP) is 4.09. The summed E-state index contributed by atoms with van der Waals surface area (Å²) in [7, 11) is 2.97. The normalized spacial score (nSPS) is 10.9. The zero-order valence-corrected chi connectivity index (χ0v) is 16.3. The molecule has 0 aliphatic heterocycles. The monoisotopic (exact) mass is 428 g/mol. The Labute approximate surface area is 164 Å². The highest BCUT2D eigenvalue weighted by molar-refractivity contribution is 9.10. The number of ether oxygens (including phenoxy) is 2. The third-order valence-corrected chi connectivity index (χ3v) is 4.67. The van der Waals surface area contributed by atoms with Gasteiger partial charge in [0.1, 0.15) is 5.75 Å². The number of rotatable bonds is 5.